The molecule has 0 bridgehead atoms. The monoisotopic (exact) mass is 283 g/mol. The van der Waals surface area contributed by atoms with Gasteiger partial charge in [0.25, 0.3) is 0 Å². The van der Waals surface area contributed by atoms with Crippen molar-refractivity contribution in [1.29, 1.82) is 0 Å². The van der Waals surface area contributed by atoms with Gasteiger partial charge in [-0.15, -0.1) is 5.10 Å². The maximum Gasteiger partial charge on any atom is 0.325 e. The highest BCUT2D eigenvalue weighted by Gasteiger charge is 2.05. The summed E-state index contributed by atoms with van der Waals surface area (Å²) in [6.07, 6.45) is 5.92. The molecule has 3 N–H and O–H groups in total. The first kappa shape index (κ1) is 15.9. The van der Waals surface area contributed by atoms with Gasteiger partial charge < -0.3 is 15.7 Å². The topological polar surface area (TPSA) is 109 Å². The van der Waals surface area contributed by atoms with Crippen LogP contribution in [0.4, 0.5) is 4.79 Å². The number of carbonyl (C=O) groups is 2. The van der Waals surface area contributed by atoms with Crippen LogP contribution in [0.2, 0.25) is 0 Å². The second kappa shape index (κ2) is 8.89. The molecular formula is C12H21N5O3. The van der Waals surface area contributed by atoms with Gasteiger partial charge in [-0.25, -0.2) is 9.48 Å². The number of hydrogen-bond acceptors (Lipinski definition) is 4. The molecule has 0 radical (unpaired) electrons. The van der Waals surface area contributed by atoms with Crippen molar-refractivity contribution in [2.24, 2.45) is 0 Å². The van der Waals surface area contributed by atoms with Gasteiger partial charge in [-0.2, -0.15) is 0 Å². The Hall–Kier alpha value is -2.12. The number of nitrogens with zero attached hydrogens (tertiary/aromatic N) is 3. The van der Waals surface area contributed by atoms with Crippen LogP contribution in [0.25, 0.3) is 0 Å². The smallest absolute Gasteiger partial charge is 0.325 e. The van der Waals surface area contributed by atoms with E-state index < -0.39 is 5.97 Å². The van der Waals surface area contributed by atoms with Crippen LogP contribution >= 0.6 is 0 Å². The van der Waals surface area contributed by atoms with Crippen molar-refractivity contribution >= 4 is 12.0 Å². The Labute approximate surface area is 117 Å². The molecule has 1 rings (SSSR count). The lowest BCUT2D eigenvalue weighted by Gasteiger charge is -2.05. The third-order valence-electron chi connectivity index (χ3n) is 2.63. The van der Waals surface area contributed by atoms with Gasteiger partial charge in [0.15, 0.2) is 0 Å². The van der Waals surface area contributed by atoms with E-state index in [1.54, 1.807) is 0 Å². The lowest BCUT2D eigenvalue weighted by atomic mass is 10.2. The fourth-order valence-electron chi connectivity index (χ4n) is 1.62. The van der Waals surface area contributed by atoms with Crippen LogP contribution in [-0.2, 0) is 17.9 Å². The first-order chi connectivity index (χ1) is 9.61. The van der Waals surface area contributed by atoms with Crippen molar-refractivity contribution < 1.29 is 14.7 Å². The van der Waals surface area contributed by atoms with Gasteiger partial charge in [0.1, 0.15) is 12.2 Å². The first-order valence-electron chi connectivity index (χ1n) is 6.74. The summed E-state index contributed by atoms with van der Waals surface area (Å²) in [7, 11) is 0. The maximum atomic E-state index is 11.5. The molecule has 1 aromatic heterocycles. The number of nitrogens with one attached hydrogen (secondary N) is 2. The molecular weight excluding hydrogens is 262 g/mol. The Morgan fingerprint density at radius 3 is 2.80 bits per heavy atom. The normalized spacial score (nSPS) is 10.2. The maximum absolute atomic E-state index is 11.5. The van der Waals surface area contributed by atoms with E-state index in [-0.39, 0.29) is 19.1 Å². The Bertz CT molecular complexity index is 432. The zero-order chi connectivity index (χ0) is 14.8. The molecule has 0 aliphatic heterocycles. The van der Waals surface area contributed by atoms with Crippen molar-refractivity contribution in [3.63, 3.8) is 0 Å². The second-order valence-electron chi connectivity index (χ2n) is 4.47. The van der Waals surface area contributed by atoms with Gasteiger partial charge >= 0.3 is 12.0 Å². The SMILES string of the molecule is CCCCCCNC(=O)NCc1cn(CC(=O)O)nn1. The molecule has 0 aliphatic carbocycles. The average molecular weight is 283 g/mol. The summed E-state index contributed by atoms with van der Waals surface area (Å²) in [5.41, 5.74) is 0.521. The summed E-state index contributed by atoms with van der Waals surface area (Å²) in [6, 6.07) is -0.255. The molecule has 0 aliphatic rings. The number of amides is 2. The number of aromatic nitrogens is 3. The van der Waals surface area contributed by atoms with E-state index >= 15 is 0 Å². The summed E-state index contributed by atoms with van der Waals surface area (Å²) < 4.78 is 1.21. The van der Waals surface area contributed by atoms with Gasteiger partial charge in [-0.05, 0) is 6.42 Å². The predicted molar refractivity (Wildman–Crippen MR) is 72.0 cm³/mol. The molecule has 0 fully saturated rings. The van der Waals surface area contributed by atoms with Crippen molar-refractivity contribution in [1.82, 2.24) is 25.6 Å². The number of rotatable bonds is 9. The fourth-order valence-corrected chi connectivity index (χ4v) is 1.62. The van der Waals surface area contributed by atoms with E-state index in [0.717, 1.165) is 19.3 Å². The summed E-state index contributed by atoms with van der Waals surface area (Å²) in [6.45, 7) is 2.77. The highest BCUT2D eigenvalue weighted by molar-refractivity contribution is 5.73. The van der Waals surface area contributed by atoms with E-state index in [1.807, 2.05) is 0 Å². The number of carboxylic acid groups (broad SMARTS) is 1. The molecule has 0 saturated heterocycles. The van der Waals surface area contributed by atoms with Gasteiger partial charge in [-0.3, -0.25) is 4.79 Å². The highest BCUT2D eigenvalue weighted by atomic mass is 16.4. The molecule has 8 heteroatoms. The van der Waals surface area contributed by atoms with E-state index in [2.05, 4.69) is 27.9 Å². The third kappa shape index (κ3) is 6.72. The molecule has 0 unspecified atom stereocenters. The number of carbonyl (C=O) groups excluding carboxylic acids is 1. The van der Waals surface area contributed by atoms with Crippen LogP contribution in [0.1, 0.15) is 38.3 Å². The molecule has 20 heavy (non-hydrogen) atoms. The highest BCUT2D eigenvalue weighted by Crippen LogP contribution is 1.97. The lowest BCUT2D eigenvalue weighted by molar-refractivity contribution is -0.137. The number of unbranched alkanes of at least 4 members (excludes halogenated alkanes) is 3. The van der Waals surface area contributed by atoms with Crippen molar-refractivity contribution in [2.75, 3.05) is 6.54 Å². The molecule has 1 heterocycles. The molecule has 0 atom stereocenters. The number of urea groups is 1. The van der Waals surface area contributed by atoms with Gasteiger partial charge in [-0.1, -0.05) is 31.4 Å². The molecule has 0 spiro atoms. The molecule has 0 aromatic carbocycles. The third-order valence-corrected chi connectivity index (χ3v) is 2.63. The molecule has 2 amide bonds. The Balaban J connectivity index is 2.17. The van der Waals surface area contributed by atoms with Gasteiger partial charge in [0.05, 0.1) is 12.7 Å². The zero-order valence-corrected chi connectivity index (χ0v) is 11.6. The Kier molecular flexibility index (Phi) is 7.08. The van der Waals surface area contributed by atoms with Gasteiger partial charge in [0, 0.05) is 6.54 Å². The number of carboxylic acids is 1. The summed E-state index contributed by atoms with van der Waals surface area (Å²) in [4.78, 5) is 21.9. The van der Waals surface area contributed by atoms with Crippen LogP contribution < -0.4 is 10.6 Å². The molecule has 0 saturated carbocycles. The largest absolute Gasteiger partial charge is 0.480 e. The van der Waals surface area contributed by atoms with Crippen LogP contribution in [0.3, 0.4) is 0 Å². The van der Waals surface area contributed by atoms with Crippen LogP contribution in [0.15, 0.2) is 6.20 Å². The van der Waals surface area contributed by atoms with E-state index in [4.69, 9.17) is 5.11 Å². The Morgan fingerprint density at radius 1 is 1.30 bits per heavy atom. The van der Waals surface area contributed by atoms with Crippen LogP contribution in [-0.4, -0.2) is 38.6 Å². The van der Waals surface area contributed by atoms with E-state index in [9.17, 15) is 9.59 Å². The minimum Gasteiger partial charge on any atom is -0.480 e. The standard InChI is InChI=1S/C12H21N5O3/c1-2-3-4-5-6-13-12(20)14-7-10-8-17(16-15-10)9-11(18)19/h8H,2-7,9H2,1H3,(H,18,19)(H2,13,14,20). The zero-order valence-electron chi connectivity index (χ0n) is 11.6. The molecule has 8 nitrogen and oxygen atoms in total. The minimum atomic E-state index is -0.987. The number of hydrogen-bond donors (Lipinski definition) is 3. The molecule has 112 valence electrons. The van der Waals surface area contributed by atoms with Crippen molar-refractivity contribution in [2.45, 2.75) is 45.7 Å². The quantitative estimate of drug-likeness (QED) is 0.579. The van der Waals surface area contributed by atoms with Crippen molar-refractivity contribution in [3.05, 3.63) is 11.9 Å². The fraction of sp³-hybridized carbons (Fsp3) is 0.667. The van der Waals surface area contributed by atoms with Gasteiger partial charge in [0.2, 0.25) is 0 Å². The van der Waals surface area contributed by atoms with Crippen molar-refractivity contribution in [3.8, 4) is 0 Å². The molecule has 1 aromatic rings. The summed E-state index contributed by atoms with van der Waals surface area (Å²) >= 11 is 0. The van der Waals surface area contributed by atoms with E-state index in [0.29, 0.717) is 12.2 Å². The minimum absolute atomic E-state index is 0.223. The second-order valence-corrected chi connectivity index (χ2v) is 4.47. The summed E-state index contributed by atoms with van der Waals surface area (Å²) in [5, 5.41) is 21.4. The van der Waals surface area contributed by atoms with E-state index in [1.165, 1.54) is 17.3 Å². The first-order valence-corrected chi connectivity index (χ1v) is 6.74. The lowest BCUT2D eigenvalue weighted by Crippen LogP contribution is -2.35. The number of aliphatic carboxylic acids is 1. The summed E-state index contributed by atoms with van der Waals surface area (Å²) in [5.74, 6) is -0.987. The van der Waals surface area contributed by atoms with Crippen LogP contribution in [0, 0.1) is 0 Å². The average Bonchev–Trinajstić information content (AvgIpc) is 2.83. The van der Waals surface area contributed by atoms with Crippen LogP contribution in [0.5, 0.6) is 0 Å². The predicted octanol–water partition coefficient (Wildman–Crippen LogP) is 0.742. The Morgan fingerprint density at radius 2 is 2.10 bits per heavy atom.